The smallest absolute Gasteiger partial charge is 0.258 e. The van der Waals surface area contributed by atoms with E-state index in [1.165, 1.54) is 12.2 Å². The lowest BCUT2D eigenvalue weighted by Gasteiger charge is -2.07. The lowest BCUT2D eigenvalue weighted by molar-refractivity contribution is -0.385. The molecule has 0 aromatic heterocycles. The molecule has 0 fully saturated rings. The van der Waals surface area contributed by atoms with E-state index in [0.29, 0.717) is 11.8 Å². The van der Waals surface area contributed by atoms with Gasteiger partial charge in [-0.1, -0.05) is 12.2 Å². The molecule has 1 aromatic carbocycles. The van der Waals surface area contributed by atoms with E-state index < -0.39 is 22.4 Å². The van der Waals surface area contributed by atoms with Crippen LogP contribution in [0.25, 0.3) is 6.08 Å². The SMILES string of the molecule is O=[N+]([O-])c1cc(C(F)(F)F)ccc1C=CCS. The Morgan fingerprint density at radius 1 is 1.41 bits per heavy atom. The summed E-state index contributed by atoms with van der Waals surface area (Å²) in [6, 6.07) is 2.41. The fourth-order valence-corrected chi connectivity index (χ4v) is 1.30. The first-order valence-electron chi connectivity index (χ1n) is 4.49. The second kappa shape index (κ2) is 5.22. The van der Waals surface area contributed by atoms with Crippen LogP contribution < -0.4 is 0 Å². The summed E-state index contributed by atoms with van der Waals surface area (Å²) < 4.78 is 37.1. The van der Waals surface area contributed by atoms with Gasteiger partial charge in [-0.05, 0) is 12.1 Å². The number of rotatable bonds is 3. The topological polar surface area (TPSA) is 43.1 Å². The van der Waals surface area contributed by atoms with Gasteiger partial charge in [-0.25, -0.2) is 0 Å². The highest BCUT2D eigenvalue weighted by molar-refractivity contribution is 7.80. The number of halogens is 3. The van der Waals surface area contributed by atoms with E-state index in [0.717, 1.165) is 12.1 Å². The summed E-state index contributed by atoms with van der Waals surface area (Å²) in [7, 11) is 0. The molecular weight excluding hydrogens is 255 g/mol. The standard InChI is InChI=1S/C10H8F3NO2S/c11-10(12,13)8-4-3-7(2-1-5-17)9(6-8)14(15)16/h1-4,6,17H,5H2. The lowest BCUT2D eigenvalue weighted by atomic mass is 10.1. The minimum Gasteiger partial charge on any atom is -0.258 e. The van der Waals surface area contributed by atoms with Gasteiger partial charge >= 0.3 is 6.18 Å². The van der Waals surface area contributed by atoms with Crippen LogP contribution >= 0.6 is 12.6 Å². The van der Waals surface area contributed by atoms with E-state index in [4.69, 9.17) is 0 Å². The van der Waals surface area contributed by atoms with Gasteiger partial charge < -0.3 is 0 Å². The highest BCUT2D eigenvalue weighted by atomic mass is 32.1. The van der Waals surface area contributed by atoms with Crippen molar-refractivity contribution < 1.29 is 18.1 Å². The minimum absolute atomic E-state index is 0.122. The van der Waals surface area contributed by atoms with Gasteiger partial charge in [0, 0.05) is 11.8 Å². The zero-order chi connectivity index (χ0) is 13.1. The van der Waals surface area contributed by atoms with Crippen LogP contribution in [0.4, 0.5) is 18.9 Å². The van der Waals surface area contributed by atoms with E-state index in [9.17, 15) is 23.3 Å². The van der Waals surface area contributed by atoms with E-state index in [2.05, 4.69) is 12.6 Å². The summed E-state index contributed by atoms with van der Waals surface area (Å²) in [5.74, 6) is 0.345. The molecule has 0 amide bonds. The molecule has 0 saturated heterocycles. The molecule has 1 rings (SSSR count). The van der Waals surface area contributed by atoms with Crippen molar-refractivity contribution in [2.75, 3.05) is 5.75 Å². The molecule has 0 unspecified atom stereocenters. The Kier molecular flexibility index (Phi) is 4.17. The van der Waals surface area contributed by atoms with Crippen LogP contribution in [0.5, 0.6) is 0 Å². The molecule has 3 nitrogen and oxygen atoms in total. The van der Waals surface area contributed by atoms with Crippen molar-refractivity contribution in [3.8, 4) is 0 Å². The molecule has 0 aliphatic heterocycles. The van der Waals surface area contributed by atoms with E-state index in [1.807, 2.05) is 0 Å². The number of alkyl halides is 3. The van der Waals surface area contributed by atoms with Crippen LogP contribution in [0.1, 0.15) is 11.1 Å². The molecule has 0 atom stereocenters. The number of nitro groups is 1. The van der Waals surface area contributed by atoms with Gasteiger partial charge in [0.25, 0.3) is 5.69 Å². The number of benzene rings is 1. The van der Waals surface area contributed by atoms with Crippen molar-refractivity contribution in [3.05, 3.63) is 45.5 Å². The fraction of sp³-hybridized carbons (Fsp3) is 0.200. The third kappa shape index (κ3) is 3.48. The Morgan fingerprint density at radius 3 is 2.53 bits per heavy atom. The maximum Gasteiger partial charge on any atom is 0.416 e. The minimum atomic E-state index is -4.59. The van der Waals surface area contributed by atoms with Crippen LogP contribution in [0.2, 0.25) is 0 Å². The summed E-state index contributed by atoms with van der Waals surface area (Å²) in [6.45, 7) is 0. The van der Waals surface area contributed by atoms with Gasteiger partial charge in [-0.2, -0.15) is 25.8 Å². The molecule has 0 N–H and O–H groups in total. The molecule has 0 aliphatic rings. The molecule has 0 spiro atoms. The zero-order valence-corrected chi connectivity index (χ0v) is 9.33. The monoisotopic (exact) mass is 263 g/mol. The average molecular weight is 263 g/mol. The van der Waals surface area contributed by atoms with Crippen LogP contribution in [-0.2, 0) is 6.18 Å². The number of nitro benzene ring substituents is 1. The van der Waals surface area contributed by atoms with Gasteiger partial charge in [-0.15, -0.1) is 0 Å². The Balaban J connectivity index is 3.27. The van der Waals surface area contributed by atoms with Gasteiger partial charge in [0.2, 0.25) is 0 Å². The summed E-state index contributed by atoms with van der Waals surface area (Å²) in [5, 5.41) is 10.6. The molecule has 0 saturated carbocycles. The van der Waals surface area contributed by atoms with Crippen LogP contribution in [0.3, 0.4) is 0 Å². The second-order valence-corrected chi connectivity index (χ2v) is 3.48. The number of hydrogen-bond donors (Lipinski definition) is 1. The average Bonchev–Trinajstić information content (AvgIpc) is 2.24. The van der Waals surface area contributed by atoms with Crippen molar-refractivity contribution >= 4 is 24.4 Å². The Labute approximate surface area is 101 Å². The molecule has 0 aliphatic carbocycles. The van der Waals surface area contributed by atoms with Crippen molar-refractivity contribution in [1.29, 1.82) is 0 Å². The van der Waals surface area contributed by atoms with E-state index >= 15 is 0 Å². The molecule has 1 aromatic rings. The highest BCUT2D eigenvalue weighted by Crippen LogP contribution is 2.33. The van der Waals surface area contributed by atoms with Crippen LogP contribution in [0.15, 0.2) is 24.3 Å². The predicted molar refractivity (Wildman–Crippen MR) is 61.0 cm³/mol. The van der Waals surface area contributed by atoms with Crippen molar-refractivity contribution in [3.63, 3.8) is 0 Å². The second-order valence-electron chi connectivity index (χ2n) is 3.11. The first-order chi connectivity index (χ1) is 7.86. The molecule has 7 heteroatoms. The summed E-state index contributed by atoms with van der Waals surface area (Å²) in [6.07, 6.45) is -1.71. The largest absolute Gasteiger partial charge is 0.416 e. The van der Waals surface area contributed by atoms with Crippen LogP contribution in [-0.4, -0.2) is 10.7 Å². The normalized spacial score (nSPS) is 12.0. The summed E-state index contributed by atoms with van der Waals surface area (Å²) >= 11 is 3.87. The molecule has 92 valence electrons. The van der Waals surface area contributed by atoms with E-state index in [1.54, 1.807) is 0 Å². The quantitative estimate of drug-likeness (QED) is 0.514. The molecular formula is C10H8F3NO2S. The zero-order valence-electron chi connectivity index (χ0n) is 8.44. The lowest BCUT2D eigenvalue weighted by Crippen LogP contribution is -2.06. The Morgan fingerprint density at radius 2 is 2.06 bits per heavy atom. The summed E-state index contributed by atoms with van der Waals surface area (Å²) in [4.78, 5) is 9.81. The van der Waals surface area contributed by atoms with Gasteiger partial charge in [-0.3, -0.25) is 10.1 Å². The first-order valence-corrected chi connectivity index (χ1v) is 5.12. The van der Waals surface area contributed by atoms with Gasteiger partial charge in [0.05, 0.1) is 16.1 Å². The van der Waals surface area contributed by atoms with Crippen molar-refractivity contribution in [1.82, 2.24) is 0 Å². The van der Waals surface area contributed by atoms with Crippen LogP contribution in [0, 0.1) is 10.1 Å². The Hall–Kier alpha value is -1.50. The molecule has 0 radical (unpaired) electrons. The molecule has 0 heterocycles. The maximum absolute atomic E-state index is 12.4. The fourth-order valence-electron chi connectivity index (χ4n) is 1.20. The number of hydrogen-bond acceptors (Lipinski definition) is 3. The van der Waals surface area contributed by atoms with Gasteiger partial charge in [0.15, 0.2) is 0 Å². The number of thiol groups is 1. The predicted octanol–water partition coefficient (Wildman–Crippen LogP) is 3.56. The third-order valence-electron chi connectivity index (χ3n) is 1.96. The van der Waals surface area contributed by atoms with Gasteiger partial charge in [0.1, 0.15) is 0 Å². The molecule has 17 heavy (non-hydrogen) atoms. The summed E-state index contributed by atoms with van der Waals surface area (Å²) in [5.41, 5.74) is -1.48. The maximum atomic E-state index is 12.4. The highest BCUT2D eigenvalue weighted by Gasteiger charge is 2.32. The third-order valence-corrected chi connectivity index (χ3v) is 2.17. The molecule has 0 bridgehead atoms. The Bertz CT molecular complexity index is 457. The van der Waals surface area contributed by atoms with Crippen molar-refractivity contribution in [2.45, 2.75) is 6.18 Å². The van der Waals surface area contributed by atoms with E-state index in [-0.39, 0.29) is 5.56 Å². The first kappa shape index (κ1) is 13.6. The number of nitrogens with zero attached hydrogens (tertiary/aromatic N) is 1. The van der Waals surface area contributed by atoms with Crippen molar-refractivity contribution in [2.24, 2.45) is 0 Å².